The standard InChI is InChI=1S/C90H176O17P2/c1-7-10-12-14-16-18-20-22-24-26-27-31-35-38-42-48-54-60-66-72-87(92)100-78-85(106-89(94)75-69-63-57-50-44-40-36-32-29-28-30-33-37-41-47-53-59-65-71-83(6)9-3)80-104-108(96,97)102-76-84(91)77-103-109(98,99)105-81-86(79-101-88(93)73-67-61-55-51-45-46-52-58-64-70-82(4)5)107-90(95)74-68-62-56-49-43-39-34-25-23-21-19-17-15-13-11-8-2/h82-86,91H,7-81H2,1-6H3,(H,96,97)(H,98,99)/t83?,84-,85-,86-/m1/s1. The lowest BCUT2D eigenvalue weighted by atomic mass is 9.99. The minimum atomic E-state index is -4.97. The summed E-state index contributed by atoms with van der Waals surface area (Å²) < 4.78 is 69.0. The van der Waals surface area contributed by atoms with E-state index >= 15 is 0 Å². The molecule has 0 aliphatic rings. The summed E-state index contributed by atoms with van der Waals surface area (Å²) >= 11 is 0. The van der Waals surface area contributed by atoms with E-state index < -0.39 is 97.5 Å². The smallest absolute Gasteiger partial charge is 0.462 e. The number of rotatable bonds is 89. The molecule has 3 unspecified atom stereocenters. The van der Waals surface area contributed by atoms with Gasteiger partial charge in [-0.15, -0.1) is 0 Å². The molecule has 17 nitrogen and oxygen atoms in total. The maximum Gasteiger partial charge on any atom is 0.472 e. The summed E-state index contributed by atoms with van der Waals surface area (Å²) in [5.74, 6) is -0.481. The molecule has 0 spiro atoms. The molecule has 0 aliphatic carbocycles. The molecule has 0 rings (SSSR count). The van der Waals surface area contributed by atoms with Gasteiger partial charge in [-0.1, -0.05) is 433 Å². The van der Waals surface area contributed by atoms with Crippen molar-refractivity contribution in [2.75, 3.05) is 39.6 Å². The number of aliphatic hydroxyl groups is 1. The van der Waals surface area contributed by atoms with Gasteiger partial charge in [-0.05, 0) is 37.5 Å². The van der Waals surface area contributed by atoms with Gasteiger partial charge < -0.3 is 33.8 Å². The zero-order chi connectivity index (χ0) is 79.9. The van der Waals surface area contributed by atoms with Crippen LogP contribution in [0, 0.1) is 11.8 Å². The molecule has 3 N–H and O–H groups in total. The number of esters is 4. The number of unbranched alkanes of at least 4 members (excludes halogenated alkanes) is 58. The van der Waals surface area contributed by atoms with E-state index in [1.54, 1.807) is 0 Å². The van der Waals surface area contributed by atoms with Crippen molar-refractivity contribution in [3.63, 3.8) is 0 Å². The van der Waals surface area contributed by atoms with Gasteiger partial charge in [-0.3, -0.25) is 37.3 Å². The maximum absolute atomic E-state index is 13.2. The molecule has 0 aromatic heterocycles. The van der Waals surface area contributed by atoms with Crippen LogP contribution in [0.25, 0.3) is 0 Å². The van der Waals surface area contributed by atoms with E-state index in [-0.39, 0.29) is 25.7 Å². The van der Waals surface area contributed by atoms with E-state index in [2.05, 4.69) is 41.5 Å². The van der Waals surface area contributed by atoms with Crippen molar-refractivity contribution in [3.05, 3.63) is 0 Å². The number of phosphoric acid groups is 2. The molecule has 648 valence electrons. The van der Waals surface area contributed by atoms with Crippen molar-refractivity contribution < 1.29 is 80.2 Å². The lowest BCUT2D eigenvalue weighted by Crippen LogP contribution is -2.30. The molecule has 0 saturated carbocycles. The molecule has 0 radical (unpaired) electrons. The fourth-order valence-electron chi connectivity index (χ4n) is 14.1. The maximum atomic E-state index is 13.2. The van der Waals surface area contributed by atoms with E-state index in [9.17, 15) is 43.2 Å². The van der Waals surface area contributed by atoms with Crippen LogP contribution in [-0.2, 0) is 65.4 Å². The first-order chi connectivity index (χ1) is 52.9. The molecule has 19 heteroatoms. The molecular weight excluding hydrogens is 1410 g/mol. The second-order valence-corrected chi connectivity index (χ2v) is 36.0. The van der Waals surface area contributed by atoms with E-state index in [0.29, 0.717) is 25.7 Å². The highest BCUT2D eigenvalue weighted by molar-refractivity contribution is 7.47. The van der Waals surface area contributed by atoms with Crippen LogP contribution in [0.1, 0.15) is 485 Å². The average molecular weight is 1590 g/mol. The van der Waals surface area contributed by atoms with Gasteiger partial charge in [-0.25, -0.2) is 9.13 Å². The lowest BCUT2D eigenvalue weighted by molar-refractivity contribution is -0.161. The molecule has 0 bridgehead atoms. The van der Waals surface area contributed by atoms with Crippen LogP contribution in [0.4, 0.5) is 0 Å². The van der Waals surface area contributed by atoms with Gasteiger partial charge in [0.1, 0.15) is 19.3 Å². The average Bonchev–Trinajstić information content (AvgIpc) is 0.900. The summed E-state index contributed by atoms with van der Waals surface area (Å²) in [5.41, 5.74) is 0. The summed E-state index contributed by atoms with van der Waals surface area (Å²) in [7, 11) is -9.93. The van der Waals surface area contributed by atoms with Crippen molar-refractivity contribution in [3.8, 4) is 0 Å². The first kappa shape index (κ1) is 107. The molecule has 109 heavy (non-hydrogen) atoms. The molecule has 0 amide bonds. The highest BCUT2D eigenvalue weighted by Gasteiger charge is 2.31. The second-order valence-electron chi connectivity index (χ2n) is 33.1. The van der Waals surface area contributed by atoms with Crippen LogP contribution in [0.15, 0.2) is 0 Å². The minimum absolute atomic E-state index is 0.108. The third-order valence-corrected chi connectivity index (χ3v) is 23.5. The highest BCUT2D eigenvalue weighted by atomic mass is 31.2. The Labute approximate surface area is 670 Å². The van der Waals surface area contributed by atoms with Gasteiger partial charge >= 0.3 is 39.5 Å². The third-order valence-electron chi connectivity index (χ3n) is 21.6. The van der Waals surface area contributed by atoms with Gasteiger partial charge in [0.05, 0.1) is 26.4 Å². The monoisotopic (exact) mass is 1590 g/mol. The highest BCUT2D eigenvalue weighted by Crippen LogP contribution is 2.45. The fourth-order valence-corrected chi connectivity index (χ4v) is 15.7. The van der Waals surface area contributed by atoms with Gasteiger partial charge in [-0.2, -0.15) is 0 Å². The van der Waals surface area contributed by atoms with E-state index in [1.165, 1.54) is 302 Å². The summed E-state index contributed by atoms with van der Waals surface area (Å²) in [6.45, 7) is 9.75. The fraction of sp³-hybridized carbons (Fsp3) is 0.956. The molecule has 6 atom stereocenters. The van der Waals surface area contributed by atoms with Gasteiger partial charge in [0.2, 0.25) is 0 Å². The quantitative estimate of drug-likeness (QED) is 0.0222. The van der Waals surface area contributed by atoms with Gasteiger partial charge in [0.25, 0.3) is 0 Å². The predicted octanol–water partition coefficient (Wildman–Crippen LogP) is 27.8. The Hall–Kier alpha value is -1.94. The number of carbonyl (C=O) groups is 4. The number of phosphoric ester groups is 2. The van der Waals surface area contributed by atoms with E-state index in [0.717, 1.165) is 102 Å². The minimum Gasteiger partial charge on any atom is -0.462 e. The number of hydrogen-bond donors (Lipinski definition) is 3. The Balaban J connectivity index is 5.24. The largest absolute Gasteiger partial charge is 0.472 e. The SMILES string of the molecule is CCCCCCCCCCCCCCCCCCCCCC(=O)OC[C@H](COP(=O)(O)OC[C@@H](O)COP(=O)(O)OC[C@@H](COC(=O)CCCCCCCCCCCC(C)C)OC(=O)CCCCCCCCCCCCCCCCCC)OC(=O)CCCCCCCCCCCCCCCCCCCCC(C)CC. The summed E-state index contributed by atoms with van der Waals surface area (Å²) in [4.78, 5) is 73.4. The molecular formula is C90H176O17P2. The Bertz CT molecular complexity index is 2080. The Morgan fingerprint density at radius 3 is 0.697 bits per heavy atom. The van der Waals surface area contributed by atoms with Crippen LogP contribution in [0.5, 0.6) is 0 Å². The lowest BCUT2D eigenvalue weighted by Gasteiger charge is -2.21. The second kappa shape index (κ2) is 81.2. The zero-order valence-corrected chi connectivity index (χ0v) is 73.7. The molecule has 0 aromatic rings. The predicted molar refractivity (Wildman–Crippen MR) is 451 cm³/mol. The van der Waals surface area contributed by atoms with Crippen LogP contribution < -0.4 is 0 Å². The van der Waals surface area contributed by atoms with E-state index in [1.807, 2.05) is 0 Å². The first-order valence-electron chi connectivity index (χ1n) is 46.5. The normalized spacial score (nSPS) is 14.0. The van der Waals surface area contributed by atoms with Crippen molar-refractivity contribution in [2.45, 2.75) is 503 Å². The summed E-state index contributed by atoms with van der Waals surface area (Å²) in [6, 6.07) is 0. The van der Waals surface area contributed by atoms with Gasteiger partial charge in [0, 0.05) is 25.7 Å². The number of hydrogen-bond acceptors (Lipinski definition) is 15. The van der Waals surface area contributed by atoms with Crippen molar-refractivity contribution in [1.82, 2.24) is 0 Å². The van der Waals surface area contributed by atoms with Gasteiger partial charge in [0.15, 0.2) is 12.2 Å². The Morgan fingerprint density at radius 1 is 0.266 bits per heavy atom. The van der Waals surface area contributed by atoms with Crippen molar-refractivity contribution in [1.29, 1.82) is 0 Å². The van der Waals surface area contributed by atoms with E-state index in [4.69, 9.17) is 37.0 Å². The van der Waals surface area contributed by atoms with Crippen LogP contribution >= 0.6 is 15.6 Å². The molecule has 0 saturated heterocycles. The summed E-state index contributed by atoms with van der Waals surface area (Å²) in [5, 5.41) is 10.7. The Morgan fingerprint density at radius 2 is 0.468 bits per heavy atom. The molecule has 0 heterocycles. The molecule has 0 aliphatic heterocycles. The van der Waals surface area contributed by atoms with Crippen LogP contribution in [0.2, 0.25) is 0 Å². The Kier molecular flexibility index (Phi) is 79.8. The van der Waals surface area contributed by atoms with Crippen LogP contribution in [0.3, 0.4) is 0 Å². The zero-order valence-electron chi connectivity index (χ0n) is 71.9. The number of carbonyl (C=O) groups excluding carboxylic acids is 4. The van der Waals surface area contributed by atoms with Crippen LogP contribution in [-0.4, -0.2) is 96.7 Å². The summed E-state index contributed by atoms with van der Waals surface area (Å²) in [6.07, 6.45) is 75.0. The van der Waals surface area contributed by atoms with Crippen molar-refractivity contribution in [2.24, 2.45) is 11.8 Å². The third kappa shape index (κ3) is 82.4. The topological polar surface area (TPSA) is 237 Å². The number of aliphatic hydroxyl groups excluding tert-OH is 1. The van der Waals surface area contributed by atoms with Crippen molar-refractivity contribution >= 4 is 39.5 Å². The first-order valence-corrected chi connectivity index (χ1v) is 49.5. The molecule has 0 aromatic carbocycles. The number of ether oxygens (including phenoxy) is 4. The molecule has 0 fully saturated rings.